The molecule has 2 N–H and O–H groups in total. The lowest BCUT2D eigenvalue weighted by Crippen LogP contribution is -2.24. The highest BCUT2D eigenvalue weighted by Gasteiger charge is 2.16. The van der Waals surface area contributed by atoms with Crippen molar-refractivity contribution < 1.29 is 9.47 Å². The number of hydrogen-bond donors (Lipinski definition) is 1. The summed E-state index contributed by atoms with van der Waals surface area (Å²) < 4.78 is 12.6. The first-order valence-corrected chi connectivity index (χ1v) is 5.82. The van der Waals surface area contributed by atoms with Crippen LogP contribution in [0.5, 0.6) is 17.8 Å². The van der Waals surface area contributed by atoms with Crippen LogP contribution in [0.3, 0.4) is 0 Å². The van der Waals surface area contributed by atoms with Gasteiger partial charge in [0.25, 0.3) is 0 Å². The van der Waals surface area contributed by atoms with E-state index >= 15 is 0 Å². The third-order valence-electron chi connectivity index (χ3n) is 2.04. The minimum Gasteiger partial charge on any atom is -0.470 e. The van der Waals surface area contributed by atoms with Crippen LogP contribution in [-0.2, 0) is 7.05 Å². The van der Waals surface area contributed by atoms with Crippen molar-refractivity contribution in [2.75, 3.05) is 5.73 Å². The summed E-state index contributed by atoms with van der Waals surface area (Å²) in [5.41, 5.74) is 5.88. The summed E-state index contributed by atoms with van der Waals surface area (Å²) in [6.45, 7) is 5.76. The van der Waals surface area contributed by atoms with Crippen molar-refractivity contribution >= 4 is 5.69 Å². The predicted octanol–water partition coefficient (Wildman–Crippen LogP) is 1.76. The Morgan fingerprint density at radius 3 is 2.58 bits per heavy atom. The Morgan fingerprint density at radius 2 is 2.00 bits per heavy atom. The van der Waals surface area contributed by atoms with Gasteiger partial charge in [-0.05, 0) is 26.8 Å². The third kappa shape index (κ3) is 3.57. The van der Waals surface area contributed by atoms with Gasteiger partial charge in [0.15, 0.2) is 0 Å². The number of ether oxygens (including phenoxy) is 2. The second-order valence-corrected chi connectivity index (χ2v) is 5.06. The molecule has 0 radical (unpaired) electrons. The number of pyridine rings is 1. The topological polar surface area (TPSA) is 88.1 Å². The molecule has 102 valence electrons. The highest BCUT2D eigenvalue weighted by atomic mass is 16.5. The molecule has 0 saturated heterocycles. The van der Waals surface area contributed by atoms with Crippen LogP contribution in [0, 0.1) is 0 Å². The van der Waals surface area contributed by atoms with Gasteiger partial charge in [-0.2, -0.15) is 9.97 Å². The standard InChI is InChI=1S/C12H17N5O2/c1-12(2,3)19-10-8(13)5-6-9(15-10)18-11-14-7-17(4)16-11/h5-7H,13H2,1-4H3. The van der Waals surface area contributed by atoms with Crippen LogP contribution in [0.15, 0.2) is 18.5 Å². The van der Waals surface area contributed by atoms with Gasteiger partial charge in [0.2, 0.25) is 11.8 Å². The summed E-state index contributed by atoms with van der Waals surface area (Å²) >= 11 is 0. The smallest absolute Gasteiger partial charge is 0.342 e. The highest BCUT2D eigenvalue weighted by molar-refractivity contribution is 5.49. The van der Waals surface area contributed by atoms with E-state index in [1.54, 1.807) is 30.2 Å². The summed E-state index contributed by atoms with van der Waals surface area (Å²) in [5.74, 6) is 0.667. The van der Waals surface area contributed by atoms with Crippen molar-refractivity contribution in [3.05, 3.63) is 18.5 Å². The number of nitrogens with two attached hydrogens (primary N) is 1. The summed E-state index contributed by atoms with van der Waals surface area (Å²) in [6.07, 6.45) is 1.54. The van der Waals surface area contributed by atoms with Gasteiger partial charge >= 0.3 is 6.01 Å². The molecule has 7 heteroatoms. The largest absolute Gasteiger partial charge is 0.470 e. The molecule has 0 saturated carbocycles. The monoisotopic (exact) mass is 263 g/mol. The van der Waals surface area contributed by atoms with Crippen molar-refractivity contribution in [2.24, 2.45) is 7.05 Å². The number of anilines is 1. The van der Waals surface area contributed by atoms with Gasteiger partial charge in [-0.25, -0.2) is 0 Å². The quantitative estimate of drug-likeness (QED) is 0.907. The number of nitrogens with zero attached hydrogens (tertiary/aromatic N) is 4. The molecule has 7 nitrogen and oxygen atoms in total. The van der Waals surface area contributed by atoms with E-state index in [1.807, 2.05) is 20.8 Å². The molecule has 0 spiro atoms. The highest BCUT2D eigenvalue weighted by Crippen LogP contribution is 2.27. The van der Waals surface area contributed by atoms with Crippen LogP contribution in [0.25, 0.3) is 0 Å². The fourth-order valence-corrected chi connectivity index (χ4v) is 1.32. The van der Waals surface area contributed by atoms with Gasteiger partial charge in [-0.1, -0.05) is 0 Å². The van der Waals surface area contributed by atoms with Crippen LogP contribution >= 0.6 is 0 Å². The molecule has 2 aromatic heterocycles. The summed E-state index contributed by atoms with van der Waals surface area (Å²) in [4.78, 5) is 8.16. The summed E-state index contributed by atoms with van der Waals surface area (Å²) in [6, 6.07) is 3.54. The Bertz CT molecular complexity index is 574. The molecular weight excluding hydrogens is 246 g/mol. The maximum atomic E-state index is 5.82. The first-order valence-electron chi connectivity index (χ1n) is 5.82. The average Bonchev–Trinajstić information content (AvgIpc) is 2.67. The van der Waals surface area contributed by atoms with E-state index in [9.17, 15) is 0 Å². The van der Waals surface area contributed by atoms with Gasteiger partial charge in [0.05, 0.1) is 5.69 Å². The molecule has 0 bridgehead atoms. The lowest BCUT2D eigenvalue weighted by atomic mass is 10.2. The first kappa shape index (κ1) is 13.1. The van der Waals surface area contributed by atoms with E-state index in [2.05, 4.69) is 15.1 Å². The Kier molecular flexibility index (Phi) is 3.28. The van der Waals surface area contributed by atoms with E-state index in [-0.39, 0.29) is 11.6 Å². The van der Waals surface area contributed by atoms with Gasteiger partial charge in [0.1, 0.15) is 11.9 Å². The molecule has 0 unspecified atom stereocenters. The molecule has 0 aliphatic heterocycles. The fraction of sp³-hybridized carbons (Fsp3) is 0.417. The SMILES string of the molecule is Cn1cnc(Oc2ccc(N)c(OC(C)(C)C)n2)n1. The minimum atomic E-state index is -0.386. The molecule has 2 rings (SSSR count). The van der Waals surface area contributed by atoms with Gasteiger partial charge < -0.3 is 15.2 Å². The molecule has 2 heterocycles. The number of hydrogen-bond acceptors (Lipinski definition) is 6. The van der Waals surface area contributed by atoms with E-state index in [0.717, 1.165) is 0 Å². The van der Waals surface area contributed by atoms with Crippen molar-refractivity contribution in [3.63, 3.8) is 0 Å². The van der Waals surface area contributed by atoms with Crippen LogP contribution in [0.2, 0.25) is 0 Å². The molecule has 19 heavy (non-hydrogen) atoms. The zero-order valence-electron chi connectivity index (χ0n) is 11.4. The summed E-state index contributed by atoms with van der Waals surface area (Å²) in [5, 5.41) is 4.00. The number of aryl methyl sites for hydroxylation is 1. The van der Waals surface area contributed by atoms with E-state index in [4.69, 9.17) is 15.2 Å². The first-order chi connectivity index (χ1) is 8.83. The van der Waals surface area contributed by atoms with E-state index in [1.165, 1.54) is 0 Å². The van der Waals surface area contributed by atoms with Crippen LogP contribution in [0.1, 0.15) is 20.8 Å². The molecule has 0 aliphatic rings. The Balaban J connectivity index is 2.21. The van der Waals surface area contributed by atoms with Crippen LogP contribution in [-0.4, -0.2) is 25.3 Å². The van der Waals surface area contributed by atoms with Crippen molar-refractivity contribution in [2.45, 2.75) is 26.4 Å². The van der Waals surface area contributed by atoms with Crippen molar-refractivity contribution in [3.8, 4) is 17.8 Å². The minimum absolute atomic E-state index is 0.224. The summed E-state index contributed by atoms with van der Waals surface area (Å²) in [7, 11) is 1.75. The molecule has 2 aromatic rings. The normalized spacial score (nSPS) is 11.4. The fourth-order valence-electron chi connectivity index (χ4n) is 1.32. The molecule has 0 atom stereocenters. The molecule has 0 aromatic carbocycles. The maximum Gasteiger partial charge on any atom is 0.342 e. The lowest BCUT2D eigenvalue weighted by molar-refractivity contribution is 0.124. The van der Waals surface area contributed by atoms with Gasteiger partial charge in [-0.3, -0.25) is 4.68 Å². The molecular formula is C12H17N5O2. The van der Waals surface area contributed by atoms with Crippen molar-refractivity contribution in [1.29, 1.82) is 0 Å². The lowest BCUT2D eigenvalue weighted by Gasteiger charge is -2.21. The second-order valence-electron chi connectivity index (χ2n) is 5.06. The van der Waals surface area contributed by atoms with Gasteiger partial charge in [0, 0.05) is 13.1 Å². The Morgan fingerprint density at radius 1 is 1.26 bits per heavy atom. The maximum absolute atomic E-state index is 5.82. The van der Waals surface area contributed by atoms with Crippen molar-refractivity contribution in [1.82, 2.24) is 19.7 Å². The van der Waals surface area contributed by atoms with Crippen LogP contribution in [0.4, 0.5) is 5.69 Å². The zero-order valence-corrected chi connectivity index (χ0v) is 11.4. The van der Waals surface area contributed by atoms with Gasteiger partial charge in [-0.15, -0.1) is 5.10 Å². The molecule has 0 aliphatic carbocycles. The third-order valence-corrected chi connectivity index (χ3v) is 2.04. The second kappa shape index (κ2) is 4.75. The zero-order chi connectivity index (χ0) is 14.0. The predicted molar refractivity (Wildman–Crippen MR) is 70.1 cm³/mol. The molecule has 0 amide bonds. The Labute approximate surface area is 111 Å². The average molecular weight is 263 g/mol. The number of rotatable bonds is 3. The number of nitrogen functional groups attached to an aromatic ring is 1. The Hall–Kier alpha value is -2.31. The van der Waals surface area contributed by atoms with Crippen LogP contribution < -0.4 is 15.2 Å². The van der Waals surface area contributed by atoms with E-state index in [0.29, 0.717) is 17.4 Å². The number of aromatic nitrogens is 4. The van der Waals surface area contributed by atoms with E-state index < -0.39 is 0 Å². The molecule has 0 fully saturated rings.